The maximum absolute atomic E-state index is 13.2. The highest BCUT2D eigenvalue weighted by atomic mass is 32.1. The minimum absolute atomic E-state index is 0.305. The number of benzene rings is 2. The molecule has 0 fully saturated rings. The number of thiophene rings is 1. The molecular formula is C22H16F3N3OS. The fourth-order valence-electron chi connectivity index (χ4n) is 2.91. The molecule has 152 valence electrons. The van der Waals surface area contributed by atoms with E-state index in [1.54, 1.807) is 53.9 Å². The first-order valence-corrected chi connectivity index (χ1v) is 9.89. The summed E-state index contributed by atoms with van der Waals surface area (Å²) in [5.74, 6) is -0.305. The van der Waals surface area contributed by atoms with Crippen molar-refractivity contribution in [1.29, 1.82) is 0 Å². The Balaban J connectivity index is 1.63. The molecule has 4 nitrogen and oxygen atoms in total. The monoisotopic (exact) mass is 427 g/mol. The molecule has 0 spiro atoms. The standard InChI is InChI=1S/C22H16F3N3OS/c1-14-4-8-16(9-5-14)26-21(29)15-6-10-17(11-7-15)28-18(19-3-2-12-30-19)13-20(27-28)22(23,24)25/h2-13H,1H3,(H,26,29). The zero-order valence-corrected chi connectivity index (χ0v) is 16.6. The summed E-state index contributed by atoms with van der Waals surface area (Å²) in [4.78, 5) is 13.1. The van der Waals surface area contributed by atoms with Gasteiger partial charge in [-0.3, -0.25) is 4.79 Å². The number of aromatic nitrogens is 2. The van der Waals surface area contributed by atoms with Crippen molar-refractivity contribution in [3.05, 3.63) is 88.9 Å². The summed E-state index contributed by atoms with van der Waals surface area (Å²) in [6, 6.07) is 18.2. The lowest BCUT2D eigenvalue weighted by atomic mass is 10.1. The number of carbonyl (C=O) groups is 1. The Hall–Kier alpha value is -3.39. The summed E-state index contributed by atoms with van der Waals surface area (Å²) >= 11 is 1.33. The minimum atomic E-state index is -4.55. The fraction of sp³-hybridized carbons (Fsp3) is 0.0909. The van der Waals surface area contributed by atoms with Crippen molar-refractivity contribution in [2.45, 2.75) is 13.1 Å². The molecule has 4 rings (SSSR count). The van der Waals surface area contributed by atoms with E-state index in [-0.39, 0.29) is 5.91 Å². The van der Waals surface area contributed by atoms with Crippen LogP contribution in [0.2, 0.25) is 0 Å². The lowest BCUT2D eigenvalue weighted by Crippen LogP contribution is -2.12. The molecule has 8 heteroatoms. The average molecular weight is 427 g/mol. The Bertz CT molecular complexity index is 1160. The van der Waals surface area contributed by atoms with Crippen LogP contribution < -0.4 is 5.32 Å². The van der Waals surface area contributed by atoms with Gasteiger partial charge in [-0.1, -0.05) is 23.8 Å². The molecular weight excluding hydrogens is 411 g/mol. The second-order valence-corrected chi connectivity index (χ2v) is 7.62. The Morgan fingerprint density at radius 3 is 2.33 bits per heavy atom. The number of alkyl halides is 3. The number of anilines is 1. The largest absolute Gasteiger partial charge is 0.435 e. The van der Waals surface area contributed by atoms with Crippen molar-refractivity contribution in [2.75, 3.05) is 5.32 Å². The van der Waals surface area contributed by atoms with Crippen molar-refractivity contribution in [1.82, 2.24) is 9.78 Å². The number of nitrogens with one attached hydrogen (secondary N) is 1. The van der Waals surface area contributed by atoms with Gasteiger partial charge in [-0.2, -0.15) is 18.3 Å². The van der Waals surface area contributed by atoms with Gasteiger partial charge in [-0.05, 0) is 60.8 Å². The average Bonchev–Trinajstić information content (AvgIpc) is 3.39. The Morgan fingerprint density at radius 1 is 1.03 bits per heavy atom. The van der Waals surface area contributed by atoms with E-state index in [1.165, 1.54) is 16.0 Å². The van der Waals surface area contributed by atoms with Crippen LogP contribution in [0.3, 0.4) is 0 Å². The third-order valence-electron chi connectivity index (χ3n) is 4.46. The third kappa shape index (κ3) is 4.13. The topological polar surface area (TPSA) is 46.9 Å². The molecule has 2 heterocycles. The Labute approximate surface area is 174 Å². The van der Waals surface area contributed by atoms with Crippen molar-refractivity contribution in [3.63, 3.8) is 0 Å². The number of carbonyl (C=O) groups excluding carboxylic acids is 1. The van der Waals surface area contributed by atoms with E-state index < -0.39 is 11.9 Å². The number of rotatable bonds is 4. The summed E-state index contributed by atoms with van der Waals surface area (Å²) in [6.07, 6.45) is -4.55. The molecule has 0 atom stereocenters. The van der Waals surface area contributed by atoms with E-state index in [9.17, 15) is 18.0 Å². The number of hydrogen-bond acceptors (Lipinski definition) is 3. The van der Waals surface area contributed by atoms with Crippen LogP contribution in [-0.2, 0) is 6.18 Å². The highest BCUT2D eigenvalue weighted by molar-refractivity contribution is 7.13. The second-order valence-electron chi connectivity index (χ2n) is 6.67. The normalized spacial score (nSPS) is 11.5. The number of amides is 1. The van der Waals surface area contributed by atoms with E-state index in [2.05, 4.69) is 10.4 Å². The van der Waals surface area contributed by atoms with Gasteiger partial charge < -0.3 is 5.32 Å². The molecule has 0 aliphatic carbocycles. The smallest absolute Gasteiger partial charge is 0.322 e. The van der Waals surface area contributed by atoms with Gasteiger partial charge in [0.2, 0.25) is 0 Å². The van der Waals surface area contributed by atoms with Crippen LogP contribution in [0.15, 0.2) is 72.1 Å². The van der Waals surface area contributed by atoms with E-state index in [0.717, 1.165) is 11.6 Å². The predicted molar refractivity (Wildman–Crippen MR) is 111 cm³/mol. The quantitative estimate of drug-likeness (QED) is 0.423. The second kappa shape index (κ2) is 7.79. The fourth-order valence-corrected chi connectivity index (χ4v) is 3.64. The lowest BCUT2D eigenvalue weighted by molar-refractivity contribution is -0.141. The van der Waals surface area contributed by atoms with Crippen molar-refractivity contribution < 1.29 is 18.0 Å². The first kappa shape index (κ1) is 19.9. The summed E-state index contributed by atoms with van der Waals surface area (Å²) in [7, 11) is 0. The molecule has 0 radical (unpaired) electrons. The number of hydrogen-bond donors (Lipinski definition) is 1. The first-order valence-electron chi connectivity index (χ1n) is 9.01. The van der Waals surface area contributed by atoms with Gasteiger partial charge in [0.1, 0.15) is 0 Å². The molecule has 30 heavy (non-hydrogen) atoms. The highest BCUT2D eigenvalue weighted by Gasteiger charge is 2.35. The van der Waals surface area contributed by atoms with Gasteiger partial charge in [-0.25, -0.2) is 4.68 Å². The van der Waals surface area contributed by atoms with E-state index in [1.807, 2.05) is 19.1 Å². The van der Waals surface area contributed by atoms with Gasteiger partial charge >= 0.3 is 6.18 Å². The summed E-state index contributed by atoms with van der Waals surface area (Å²) < 4.78 is 40.9. The molecule has 0 saturated carbocycles. The third-order valence-corrected chi connectivity index (χ3v) is 5.35. The van der Waals surface area contributed by atoms with Crippen LogP contribution in [0.1, 0.15) is 21.6 Å². The van der Waals surface area contributed by atoms with Gasteiger partial charge in [0.25, 0.3) is 5.91 Å². The van der Waals surface area contributed by atoms with Gasteiger partial charge in [0.05, 0.1) is 16.3 Å². The minimum Gasteiger partial charge on any atom is -0.322 e. The summed E-state index contributed by atoms with van der Waals surface area (Å²) in [5, 5.41) is 8.34. The molecule has 0 bridgehead atoms. The van der Waals surface area contributed by atoms with Crippen LogP contribution in [0.25, 0.3) is 16.3 Å². The zero-order chi connectivity index (χ0) is 21.3. The molecule has 1 amide bonds. The van der Waals surface area contributed by atoms with Crippen molar-refractivity contribution >= 4 is 22.9 Å². The van der Waals surface area contributed by atoms with E-state index >= 15 is 0 Å². The van der Waals surface area contributed by atoms with Crippen LogP contribution >= 0.6 is 11.3 Å². The number of halogens is 3. The Kier molecular flexibility index (Phi) is 5.17. The van der Waals surface area contributed by atoms with Gasteiger partial charge in [0.15, 0.2) is 5.69 Å². The maximum atomic E-state index is 13.2. The van der Waals surface area contributed by atoms with Gasteiger partial charge in [0, 0.05) is 11.3 Å². The SMILES string of the molecule is Cc1ccc(NC(=O)c2ccc(-n3nc(C(F)(F)F)cc3-c3cccs3)cc2)cc1. The first-order chi connectivity index (χ1) is 14.3. The maximum Gasteiger partial charge on any atom is 0.435 e. The van der Waals surface area contributed by atoms with Crippen molar-refractivity contribution in [3.8, 4) is 16.3 Å². The van der Waals surface area contributed by atoms with Crippen LogP contribution in [0.4, 0.5) is 18.9 Å². The zero-order valence-electron chi connectivity index (χ0n) is 15.8. The van der Waals surface area contributed by atoms with Crippen molar-refractivity contribution in [2.24, 2.45) is 0 Å². The predicted octanol–water partition coefficient (Wildman–Crippen LogP) is 6.18. The molecule has 1 N–H and O–H groups in total. The van der Waals surface area contributed by atoms with Crippen LogP contribution in [0.5, 0.6) is 0 Å². The molecule has 2 aromatic carbocycles. The summed E-state index contributed by atoms with van der Waals surface area (Å²) in [5.41, 5.74) is 1.94. The highest BCUT2D eigenvalue weighted by Crippen LogP contribution is 2.34. The van der Waals surface area contributed by atoms with Crippen LogP contribution in [-0.4, -0.2) is 15.7 Å². The molecule has 4 aromatic rings. The van der Waals surface area contributed by atoms with Crippen LogP contribution in [0, 0.1) is 6.92 Å². The summed E-state index contributed by atoms with van der Waals surface area (Å²) in [6.45, 7) is 1.95. The Morgan fingerprint density at radius 2 is 1.73 bits per heavy atom. The molecule has 0 aliphatic heterocycles. The molecule has 0 aliphatic rings. The molecule has 2 aromatic heterocycles. The number of nitrogens with zero attached hydrogens (tertiary/aromatic N) is 2. The molecule has 0 saturated heterocycles. The van der Waals surface area contributed by atoms with Gasteiger partial charge in [-0.15, -0.1) is 11.3 Å². The van der Waals surface area contributed by atoms with E-state index in [0.29, 0.717) is 27.5 Å². The lowest BCUT2D eigenvalue weighted by Gasteiger charge is -2.09. The molecule has 0 unspecified atom stereocenters. The van der Waals surface area contributed by atoms with E-state index in [4.69, 9.17) is 0 Å². The number of aryl methyl sites for hydroxylation is 1.